The normalized spacial score (nSPS) is 12.0. The lowest BCUT2D eigenvalue weighted by molar-refractivity contribution is 0.577. The van der Waals surface area contributed by atoms with Crippen LogP contribution < -0.4 is 9.80 Å². The SMILES string of the molecule is CC(C)N(c1[nH]c(C(C)(C)c2cc(C#N)c(N(C(C)C)C(C)C)[nH]2)cc1C#N)C(C)C. The quantitative estimate of drug-likeness (QED) is 0.575. The van der Waals surface area contributed by atoms with Crippen LogP contribution in [0.15, 0.2) is 12.1 Å². The topological polar surface area (TPSA) is 85.6 Å². The molecule has 0 aliphatic rings. The molecule has 0 atom stereocenters. The van der Waals surface area contributed by atoms with Gasteiger partial charge in [-0.05, 0) is 81.4 Å². The molecule has 0 saturated heterocycles. The second-order valence-corrected chi connectivity index (χ2v) is 9.93. The highest BCUT2D eigenvalue weighted by Crippen LogP contribution is 2.37. The number of nitrogens with one attached hydrogen (secondary N) is 2. The first-order valence-corrected chi connectivity index (χ1v) is 11.2. The van der Waals surface area contributed by atoms with E-state index in [1.165, 1.54) is 0 Å². The molecular weight excluding hydrogens is 384 g/mol. The smallest absolute Gasteiger partial charge is 0.124 e. The highest BCUT2D eigenvalue weighted by atomic mass is 15.2. The van der Waals surface area contributed by atoms with Crippen LogP contribution in [0.3, 0.4) is 0 Å². The molecule has 2 heterocycles. The van der Waals surface area contributed by atoms with E-state index in [-0.39, 0.29) is 24.2 Å². The Morgan fingerprint density at radius 1 is 0.677 bits per heavy atom. The number of aromatic nitrogens is 2. The van der Waals surface area contributed by atoms with Gasteiger partial charge in [-0.15, -0.1) is 0 Å². The fourth-order valence-corrected chi connectivity index (χ4v) is 4.51. The third kappa shape index (κ3) is 4.59. The number of anilines is 2. The average molecular weight is 423 g/mol. The minimum Gasteiger partial charge on any atom is -0.352 e. The van der Waals surface area contributed by atoms with Gasteiger partial charge in [-0.1, -0.05) is 0 Å². The summed E-state index contributed by atoms with van der Waals surface area (Å²) in [4.78, 5) is 11.6. The Hall–Kier alpha value is -2.86. The van der Waals surface area contributed by atoms with E-state index in [0.717, 1.165) is 23.0 Å². The van der Waals surface area contributed by atoms with Crippen molar-refractivity contribution in [1.82, 2.24) is 9.97 Å². The van der Waals surface area contributed by atoms with E-state index < -0.39 is 5.41 Å². The molecule has 0 aromatic carbocycles. The van der Waals surface area contributed by atoms with Crippen molar-refractivity contribution < 1.29 is 0 Å². The van der Waals surface area contributed by atoms with Crippen LogP contribution in [0.4, 0.5) is 11.6 Å². The molecule has 2 rings (SSSR count). The zero-order valence-electron chi connectivity index (χ0n) is 20.8. The van der Waals surface area contributed by atoms with Gasteiger partial charge in [-0.3, -0.25) is 0 Å². The van der Waals surface area contributed by atoms with Gasteiger partial charge in [0.1, 0.15) is 23.8 Å². The lowest BCUT2D eigenvalue weighted by Gasteiger charge is -2.33. The molecule has 2 N–H and O–H groups in total. The van der Waals surface area contributed by atoms with E-state index in [9.17, 15) is 10.5 Å². The van der Waals surface area contributed by atoms with Crippen LogP contribution in [-0.4, -0.2) is 34.1 Å². The van der Waals surface area contributed by atoms with Gasteiger partial charge in [0.15, 0.2) is 0 Å². The van der Waals surface area contributed by atoms with Gasteiger partial charge in [0.2, 0.25) is 0 Å². The minimum atomic E-state index is -0.438. The largest absolute Gasteiger partial charge is 0.352 e. The van der Waals surface area contributed by atoms with Gasteiger partial charge < -0.3 is 19.8 Å². The van der Waals surface area contributed by atoms with Gasteiger partial charge in [-0.2, -0.15) is 10.5 Å². The molecule has 0 spiro atoms. The monoisotopic (exact) mass is 422 g/mol. The predicted octanol–water partition coefficient (Wildman–Crippen LogP) is 5.66. The van der Waals surface area contributed by atoms with E-state index in [1.54, 1.807) is 0 Å². The van der Waals surface area contributed by atoms with Crippen molar-refractivity contribution in [3.8, 4) is 12.1 Å². The fraction of sp³-hybridized carbons (Fsp3) is 0.600. The van der Waals surface area contributed by atoms with Crippen LogP contribution in [0.5, 0.6) is 0 Å². The van der Waals surface area contributed by atoms with Gasteiger partial charge in [-0.25, -0.2) is 0 Å². The van der Waals surface area contributed by atoms with Crippen molar-refractivity contribution in [3.05, 3.63) is 34.6 Å². The van der Waals surface area contributed by atoms with Crippen LogP contribution in [0.1, 0.15) is 91.8 Å². The number of nitriles is 2. The predicted molar refractivity (Wildman–Crippen MR) is 129 cm³/mol. The number of hydrogen-bond acceptors (Lipinski definition) is 4. The molecule has 6 heteroatoms. The Kier molecular flexibility index (Phi) is 7.17. The molecule has 2 aromatic rings. The van der Waals surface area contributed by atoms with E-state index in [1.807, 2.05) is 12.1 Å². The van der Waals surface area contributed by atoms with Crippen molar-refractivity contribution in [2.24, 2.45) is 0 Å². The standard InChI is InChI=1S/C25H38N6/c1-15(2)30(16(3)4)23-19(13-26)11-21(28-23)25(9,10)22-12-20(14-27)24(29-22)31(17(5)6)18(7)8/h11-12,15-18,28-29H,1-10H3. The molecule has 0 amide bonds. The van der Waals surface area contributed by atoms with Crippen LogP contribution in [0, 0.1) is 22.7 Å². The number of hydrogen-bond donors (Lipinski definition) is 2. The third-order valence-corrected chi connectivity index (χ3v) is 5.92. The first-order chi connectivity index (χ1) is 14.4. The van der Waals surface area contributed by atoms with E-state index >= 15 is 0 Å². The van der Waals surface area contributed by atoms with Crippen molar-refractivity contribution in [2.75, 3.05) is 9.80 Å². The van der Waals surface area contributed by atoms with Crippen molar-refractivity contribution >= 4 is 11.6 Å². The van der Waals surface area contributed by atoms with Gasteiger partial charge in [0.25, 0.3) is 0 Å². The summed E-state index contributed by atoms with van der Waals surface area (Å²) in [6.07, 6.45) is 0. The lowest BCUT2D eigenvalue weighted by atomic mass is 9.85. The van der Waals surface area contributed by atoms with E-state index in [4.69, 9.17) is 0 Å². The second kappa shape index (κ2) is 9.10. The second-order valence-electron chi connectivity index (χ2n) is 9.93. The zero-order chi connectivity index (χ0) is 23.7. The van der Waals surface area contributed by atoms with Gasteiger partial charge in [0.05, 0.1) is 11.1 Å². The molecule has 0 aliphatic heterocycles. The maximum absolute atomic E-state index is 9.81. The third-order valence-electron chi connectivity index (χ3n) is 5.92. The maximum Gasteiger partial charge on any atom is 0.124 e. The van der Waals surface area contributed by atoms with E-state index in [2.05, 4.69) is 101 Å². The molecule has 6 nitrogen and oxygen atoms in total. The van der Waals surface area contributed by atoms with Gasteiger partial charge in [0, 0.05) is 41.0 Å². The summed E-state index contributed by atoms with van der Waals surface area (Å²) in [5.74, 6) is 1.71. The summed E-state index contributed by atoms with van der Waals surface area (Å²) in [5.41, 5.74) is 2.74. The molecule has 0 unspecified atom stereocenters. The van der Waals surface area contributed by atoms with Crippen molar-refractivity contribution in [1.29, 1.82) is 10.5 Å². The lowest BCUT2D eigenvalue weighted by Crippen LogP contribution is -2.38. The van der Waals surface area contributed by atoms with Crippen LogP contribution in [0.25, 0.3) is 0 Å². The molecule has 0 saturated carbocycles. The summed E-state index contributed by atoms with van der Waals surface area (Å²) in [5, 5.41) is 19.6. The molecule has 31 heavy (non-hydrogen) atoms. The molecule has 0 bridgehead atoms. The summed E-state index contributed by atoms with van der Waals surface area (Å²) in [6.45, 7) is 21.3. The zero-order valence-corrected chi connectivity index (χ0v) is 20.8. The molecule has 0 aliphatic carbocycles. The number of aromatic amines is 2. The first-order valence-electron chi connectivity index (χ1n) is 11.2. The molecule has 2 aromatic heterocycles. The van der Waals surface area contributed by atoms with Crippen molar-refractivity contribution in [3.63, 3.8) is 0 Å². The highest BCUT2D eigenvalue weighted by molar-refractivity contribution is 5.61. The molecule has 0 radical (unpaired) electrons. The summed E-state index contributed by atoms with van der Waals surface area (Å²) in [6, 6.07) is 9.65. The van der Waals surface area contributed by atoms with Crippen LogP contribution in [0.2, 0.25) is 0 Å². The Labute approximate surface area is 187 Å². The average Bonchev–Trinajstić information content (AvgIpc) is 3.25. The fourth-order valence-electron chi connectivity index (χ4n) is 4.51. The van der Waals surface area contributed by atoms with Gasteiger partial charge >= 0.3 is 0 Å². The highest BCUT2D eigenvalue weighted by Gasteiger charge is 2.32. The Balaban J connectivity index is 2.61. The summed E-state index contributed by atoms with van der Waals surface area (Å²) < 4.78 is 0. The molecule has 0 fully saturated rings. The molecule has 168 valence electrons. The summed E-state index contributed by atoms with van der Waals surface area (Å²) in [7, 11) is 0. The van der Waals surface area contributed by atoms with Crippen LogP contribution >= 0.6 is 0 Å². The Morgan fingerprint density at radius 3 is 1.19 bits per heavy atom. The van der Waals surface area contributed by atoms with E-state index in [0.29, 0.717) is 11.1 Å². The van der Waals surface area contributed by atoms with Crippen LogP contribution in [-0.2, 0) is 5.41 Å². The minimum absolute atomic E-state index is 0.259. The first kappa shape index (κ1) is 24.4. The van der Waals surface area contributed by atoms with Crippen molar-refractivity contribution in [2.45, 2.75) is 98.8 Å². The Bertz CT molecular complexity index is 881. The number of rotatable bonds is 8. The number of nitrogens with zero attached hydrogens (tertiary/aromatic N) is 4. The maximum atomic E-state index is 9.81. The summed E-state index contributed by atoms with van der Waals surface area (Å²) >= 11 is 0. The number of H-pyrrole nitrogens is 2. The Morgan fingerprint density at radius 2 is 0.968 bits per heavy atom. The molecular formula is C25H38N6.